The van der Waals surface area contributed by atoms with E-state index in [1.807, 2.05) is 6.92 Å². The van der Waals surface area contributed by atoms with Crippen LogP contribution in [0.25, 0.3) is 0 Å². The molecule has 0 rings (SSSR count). The van der Waals surface area contributed by atoms with Crippen molar-refractivity contribution in [2.24, 2.45) is 0 Å². The molecule has 0 saturated heterocycles. The molecule has 0 radical (unpaired) electrons. The van der Waals surface area contributed by atoms with Crippen LogP contribution in [-0.4, -0.2) is 38.9 Å². The van der Waals surface area contributed by atoms with Gasteiger partial charge in [0.25, 0.3) is 0 Å². The van der Waals surface area contributed by atoms with E-state index in [0.717, 1.165) is 17.1 Å². The number of carbonyl (C=O) groups excluding carboxylic acids is 1. The first-order valence-electron chi connectivity index (χ1n) is 4.09. The van der Waals surface area contributed by atoms with Crippen LogP contribution in [0.5, 0.6) is 0 Å². The van der Waals surface area contributed by atoms with Gasteiger partial charge in [-0.15, -0.1) is 0 Å². The SMILES string of the molecule is CCCCOC(=O)CN(C)[SH](=O)=O. The van der Waals surface area contributed by atoms with E-state index in [9.17, 15) is 13.2 Å². The van der Waals surface area contributed by atoms with E-state index in [1.54, 1.807) is 0 Å². The maximum atomic E-state index is 10.9. The first-order valence-corrected chi connectivity index (χ1v) is 5.22. The van der Waals surface area contributed by atoms with Crippen LogP contribution < -0.4 is 0 Å². The van der Waals surface area contributed by atoms with Gasteiger partial charge in [0, 0.05) is 7.05 Å². The first kappa shape index (κ1) is 12.4. The second kappa shape index (κ2) is 6.85. The fraction of sp³-hybridized carbons (Fsp3) is 0.857. The molecule has 78 valence electrons. The van der Waals surface area contributed by atoms with Crippen molar-refractivity contribution in [3.8, 4) is 0 Å². The Morgan fingerprint density at radius 3 is 2.54 bits per heavy atom. The fourth-order valence-corrected chi connectivity index (χ4v) is 0.851. The largest absolute Gasteiger partial charge is 0.465 e. The summed E-state index contributed by atoms with van der Waals surface area (Å²) in [6, 6.07) is 0. The van der Waals surface area contributed by atoms with Gasteiger partial charge in [0.2, 0.25) is 10.9 Å². The summed E-state index contributed by atoms with van der Waals surface area (Å²) in [7, 11) is -1.35. The van der Waals surface area contributed by atoms with Crippen molar-refractivity contribution in [2.45, 2.75) is 19.8 Å². The molecule has 0 aliphatic carbocycles. The third kappa shape index (κ3) is 6.53. The van der Waals surface area contributed by atoms with Crippen molar-refractivity contribution in [1.29, 1.82) is 0 Å². The van der Waals surface area contributed by atoms with E-state index < -0.39 is 16.9 Å². The Labute approximate surface area is 79.8 Å². The molecule has 0 unspecified atom stereocenters. The molecule has 0 N–H and O–H groups in total. The number of unbranched alkanes of at least 4 members (excludes halogenated alkanes) is 1. The standard InChI is InChI=1S/C7H15NO4S/c1-3-4-5-12-7(9)6-8(2)13(10)11/h13H,3-6H2,1-2H3. The lowest BCUT2D eigenvalue weighted by Crippen LogP contribution is -2.26. The second-order valence-electron chi connectivity index (χ2n) is 2.63. The summed E-state index contributed by atoms with van der Waals surface area (Å²) < 4.78 is 26.3. The molecular weight excluding hydrogens is 194 g/mol. The minimum absolute atomic E-state index is 0.206. The Hall–Kier alpha value is -0.620. The summed E-state index contributed by atoms with van der Waals surface area (Å²) in [6.45, 7) is 2.13. The van der Waals surface area contributed by atoms with Crippen LogP contribution in [0.15, 0.2) is 0 Å². The summed E-state index contributed by atoms with van der Waals surface area (Å²) in [6.07, 6.45) is 1.75. The summed E-state index contributed by atoms with van der Waals surface area (Å²) in [5.74, 6) is -0.504. The van der Waals surface area contributed by atoms with Crippen LogP contribution in [0, 0.1) is 0 Å². The Morgan fingerprint density at radius 2 is 2.08 bits per heavy atom. The summed E-state index contributed by atoms with van der Waals surface area (Å²) in [5, 5.41) is 0. The van der Waals surface area contributed by atoms with Gasteiger partial charge in [-0.25, -0.2) is 8.42 Å². The number of esters is 1. The minimum Gasteiger partial charge on any atom is -0.465 e. The van der Waals surface area contributed by atoms with Crippen LogP contribution in [-0.2, 0) is 20.4 Å². The van der Waals surface area contributed by atoms with Crippen LogP contribution in [0.2, 0.25) is 0 Å². The Balaban J connectivity index is 3.62. The number of thiol groups is 1. The summed E-state index contributed by atoms with van der Waals surface area (Å²) in [4.78, 5) is 10.9. The third-order valence-corrected chi connectivity index (χ3v) is 2.10. The topological polar surface area (TPSA) is 63.7 Å². The van der Waals surface area contributed by atoms with Gasteiger partial charge in [-0.2, -0.15) is 4.31 Å². The maximum absolute atomic E-state index is 10.9. The number of hydrogen-bond donors (Lipinski definition) is 1. The van der Waals surface area contributed by atoms with E-state index in [1.165, 1.54) is 7.05 Å². The average molecular weight is 209 g/mol. The molecule has 0 aromatic carbocycles. The number of carbonyl (C=O) groups is 1. The molecule has 0 bridgehead atoms. The molecule has 0 fully saturated rings. The quantitative estimate of drug-likeness (QED) is 0.373. The lowest BCUT2D eigenvalue weighted by atomic mass is 10.4. The highest BCUT2D eigenvalue weighted by Crippen LogP contribution is 1.90. The average Bonchev–Trinajstić information content (AvgIpc) is 2.04. The zero-order valence-corrected chi connectivity index (χ0v) is 8.75. The van der Waals surface area contributed by atoms with E-state index in [2.05, 4.69) is 0 Å². The zero-order chi connectivity index (χ0) is 10.3. The number of ether oxygens (including phenoxy) is 1. The van der Waals surface area contributed by atoms with E-state index in [0.29, 0.717) is 6.61 Å². The van der Waals surface area contributed by atoms with Crippen molar-refractivity contribution >= 4 is 16.9 Å². The molecule has 0 spiro atoms. The predicted molar refractivity (Wildman–Crippen MR) is 48.8 cm³/mol. The van der Waals surface area contributed by atoms with Crippen LogP contribution in [0.3, 0.4) is 0 Å². The van der Waals surface area contributed by atoms with Crippen molar-refractivity contribution in [3.05, 3.63) is 0 Å². The second-order valence-corrected chi connectivity index (χ2v) is 3.79. The minimum atomic E-state index is -2.68. The van der Waals surface area contributed by atoms with E-state index >= 15 is 0 Å². The molecule has 0 heterocycles. The van der Waals surface area contributed by atoms with E-state index in [-0.39, 0.29) is 6.54 Å². The van der Waals surface area contributed by atoms with Gasteiger partial charge >= 0.3 is 5.97 Å². The molecule has 0 aliphatic heterocycles. The zero-order valence-electron chi connectivity index (χ0n) is 7.86. The van der Waals surface area contributed by atoms with Gasteiger partial charge in [0.15, 0.2) is 0 Å². The van der Waals surface area contributed by atoms with Crippen molar-refractivity contribution < 1.29 is 17.9 Å². The molecule has 5 nitrogen and oxygen atoms in total. The van der Waals surface area contributed by atoms with Crippen LogP contribution in [0.1, 0.15) is 19.8 Å². The number of rotatable bonds is 6. The first-order chi connectivity index (χ1) is 6.07. The van der Waals surface area contributed by atoms with Crippen LogP contribution in [0.4, 0.5) is 0 Å². The van der Waals surface area contributed by atoms with Gasteiger partial charge < -0.3 is 4.74 Å². The number of nitrogens with zero attached hydrogens (tertiary/aromatic N) is 1. The highest BCUT2D eigenvalue weighted by Gasteiger charge is 2.08. The smallest absolute Gasteiger partial charge is 0.321 e. The maximum Gasteiger partial charge on any atom is 0.321 e. The Morgan fingerprint density at radius 1 is 1.46 bits per heavy atom. The monoisotopic (exact) mass is 209 g/mol. The van der Waals surface area contributed by atoms with Gasteiger partial charge in [0.05, 0.1) is 6.61 Å². The van der Waals surface area contributed by atoms with Crippen molar-refractivity contribution in [2.75, 3.05) is 20.2 Å². The molecular formula is C7H15NO4S. The molecule has 0 aromatic rings. The lowest BCUT2D eigenvalue weighted by Gasteiger charge is -2.07. The van der Waals surface area contributed by atoms with Gasteiger partial charge in [-0.1, -0.05) is 13.3 Å². The Kier molecular flexibility index (Phi) is 6.52. The third-order valence-electron chi connectivity index (χ3n) is 1.40. The molecule has 13 heavy (non-hydrogen) atoms. The van der Waals surface area contributed by atoms with Gasteiger partial charge in [-0.3, -0.25) is 4.79 Å². The molecule has 6 heteroatoms. The van der Waals surface area contributed by atoms with Gasteiger partial charge in [0.1, 0.15) is 6.54 Å². The molecule has 0 aromatic heterocycles. The summed E-state index contributed by atoms with van der Waals surface area (Å²) >= 11 is 0. The summed E-state index contributed by atoms with van der Waals surface area (Å²) in [5.41, 5.74) is 0. The molecule has 0 aliphatic rings. The molecule has 0 atom stereocenters. The lowest BCUT2D eigenvalue weighted by molar-refractivity contribution is -0.143. The highest BCUT2D eigenvalue weighted by molar-refractivity contribution is 7.69. The van der Waals surface area contributed by atoms with Crippen LogP contribution >= 0.6 is 0 Å². The number of hydrogen-bond acceptors (Lipinski definition) is 4. The van der Waals surface area contributed by atoms with Crippen molar-refractivity contribution in [3.63, 3.8) is 0 Å². The predicted octanol–water partition coefficient (Wildman–Crippen LogP) is -0.212. The fourth-order valence-electron chi connectivity index (χ4n) is 0.621. The molecule has 0 saturated carbocycles. The molecule has 0 amide bonds. The highest BCUT2D eigenvalue weighted by atomic mass is 32.2. The normalized spacial score (nSPS) is 10.8. The van der Waals surface area contributed by atoms with E-state index in [4.69, 9.17) is 4.74 Å². The Bertz CT molecular complexity index is 219. The number of likely N-dealkylation sites (N-methyl/N-ethyl adjacent to an activating group) is 1. The van der Waals surface area contributed by atoms with Gasteiger partial charge in [-0.05, 0) is 6.42 Å². The van der Waals surface area contributed by atoms with Crippen molar-refractivity contribution in [1.82, 2.24) is 4.31 Å².